The van der Waals surface area contributed by atoms with Crippen LogP contribution in [0.25, 0.3) is 0 Å². The highest BCUT2D eigenvalue weighted by Crippen LogP contribution is 2.34. The molecule has 1 aliphatic heterocycles. The number of non-ortho nitro benzene ring substituents is 2. The minimum atomic E-state index is -0.547. The molecule has 0 spiro atoms. The first kappa shape index (κ1) is 22.8. The standard InChI is InChI=1S/C23H17N5O5S/c29-22-21(14-16-6-4-10-19(12-16)27(30)31)34-23(26(22)18-8-2-1-3-9-18)25-24-15-17-7-5-11-20(13-17)28(32)33/h1-13,15,21H,14H2/b24-15+,25-23+. The molecule has 1 heterocycles. The van der Waals surface area contributed by atoms with Gasteiger partial charge in [0.1, 0.15) is 0 Å². The lowest BCUT2D eigenvalue weighted by Crippen LogP contribution is -2.32. The Labute approximate surface area is 197 Å². The lowest BCUT2D eigenvalue weighted by molar-refractivity contribution is -0.385. The molecule has 1 saturated heterocycles. The highest BCUT2D eigenvalue weighted by molar-refractivity contribution is 8.16. The smallest absolute Gasteiger partial charge is 0.270 e. The Hall–Kier alpha value is -4.38. The minimum absolute atomic E-state index is 0.0386. The monoisotopic (exact) mass is 475 g/mol. The molecular formula is C23H17N5O5S. The summed E-state index contributed by atoms with van der Waals surface area (Å²) in [6.45, 7) is 0. The van der Waals surface area contributed by atoms with Crippen molar-refractivity contribution in [2.45, 2.75) is 11.7 Å². The Morgan fingerprint density at radius 2 is 1.59 bits per heavy atom. The summed E-state index contributed by atoms with van der Waals surface area (Å²) in [5.74, 6) is -0.216. The summed E-state index contributed by atoms with van der Waals surface area (Å²) in [4.78, 5) is 35.8. The van der Waals surface area contributed by atoms with E-state index in [1.807, 2.05) is 6.07 Å². The number of hydrogen-bond donors (Lipinski definition) is 0. The molecule has 0 aromatic heterocycles. The molecule has 0 aliphatic carbocycles. The second-order valence-electron chi connectivity index (χ2n) is 7.23. The van der Waals surface area contributed by atoms with Crippen LogP contribution in [0.1, 0.15) is 11.1 Å². The van der Waals surface area contributed by atoms with E-state index in [2.05, 4.69) is 10.2 Å². The number of benzene rings is 3. The molecule has 1 amide bonds. The molecule has 3 aromatic carbocycles. The van der Waals surface area contributed by atoms with E-state index in [4.69, 9.17) is 0 Å². The van der Waals surface area contributed by atoms with E-state index in [1.54, 1.807) is 48.5 Å². The van der Waals surface area contributed by atoms with Crippen molar-refractivity contribution in [2.75, 3.05) is 4.90 Å². The van der Waals surface area contributed by atoms with Crippen molar-refractivity contribution < 1.29 is 14.6 Å². The molecule has 0 bridgehead atoms. The number of para-hydroxylation sites is 1. The maximum Gasteiger partial charge on any atom is 0.270 e. The number of nitrogens with zero attached hydrogens (tertiary/aromatic N) is 5. The molecule has 0 saturated carbocycles. The summed E-state index contributed by atoms with van der Waals surface area (Å²) in [6.07, 6.45) is 1.66. The van der Waals surface area contributed by atoms with Gasteiger partial charge in [0, 0.05) is 29.8 Å². The lowest BCUT2D eigenvalue weighted by Gasteiger charge is -2.15. The van der Waals surface area contributed by atoms with Crippen LogP contribution in [-0.2, 0) is 11.2 Å². The van der Waals surface area contributed by atoms with Gasteiger partial charge in [-0.1, -0.05) is 54.2 Å². The van der Waals surface area contributed by atoms with Crippen molar-refractivity contribution in [3.63, 3.8) is 0 Å². The van der Waals surface area contributed by atoms with Crippen molar-refractivity contribution >= 4 is 46.1 Å². The number of carbonyl (C=O) groups is 1. The van der Waals surface area contributed by atoms with Gasteiger partial charge in [0.15, 0.2) is 5.17 Å². The number of carbonyl (C=O) groups excluding carboxylic acids is 1. The molecule has 4 rings (SSSR count). The lowest BCUT2D eigenvalue weighted by atomic mass is 10.1. The predicted octanol–water partition coefficient (Wildman–Crippen LogP) is 4.58. The number of rotatable bonds is 7. The van der Waals surface area contributed by atoms with Gasteiger partial charge in [-0.25, -0.2) is 0 Å². The molecule has 170 valence electrons. The molecule has 0 radical (unpaired) electrons. The van der Waals surface area contributed by atoms with Gasteiger partial charge in [0.05, 0.1) is 27.0 Å². The van der Waals surface area contributed by atoms with Crippen molar-refractivity contribution in [1.29, 1.82) is 0 Å². The highest BCUT2D eigenvalue weighted by atomic mass is 32.2. The summed E-state index contributed by atoms with van der Waals surface area (Å²) < 4.78 is 0. The normalized spacial score (nSPS) is 16.9. The zero-order chi connectivity index (χ0) is 24.1. The Morgan fingerprint density at radius 3 is 2.29 bits per heavy atom. The Morgan fingerprint density at radius 1 is 0.912 bits per heavy atom. The van der Waals surface area contributed by atoms with Gasteiger partial charge in [0.2, 0.25) is 5.91 Å². The predicted molar refractivity (Wildman–Crippen MR) is 130 cm³/mol. The average Bonchev–Trinajstić information content (AvgIpc) is 3.14. The summed E-state index contributed by atoms with van der Waals surface area (Å²) in [5, 5.41) is 30.1. The first-order chi connectivity index (χ1) is 16.4. The van der Waals surface area contributed by atoms with Crippen molar-refractivity contribution in [3.05, 3.63) is 110 Å². The summed E-state index contributed by atoms with van der Waals surface area (Å²) >= 11 is 1.21. The minimum Gasteiger partial charge on any atom is -0.273 e. The zero-order valence-corrected chi connectivity index (χ0v) is 18.4. The molecule has 1 aliphatic rings. The second-order valence-corrected chi connectivity index (χ2v) is 8.40. The van der Waals surface area contributed by atoms with Crippen molar-refractivity contribution in [1.82, 2.24) is 0 Å². The third-order valence-electron chi connectivity index (χ3n) is 4.92. The van der Waals surface area contributed by atoms with Crippen molar-refractivity contribution in [3.8, 4) is 0 Å². The van der Waals surface area contributed by atoms with Gasteiger partial charge in [-0.05, 0) is 24.1 Å². The highest BCUT2D eigenvalue weighted by Gasteiger charge is 2.39. The summed E-state index contributed by atoms with van der Waals surface area (Å²) in [6, 6.07) is 21.1. The molecule has 10 nitrogen and oxygen atoms in total. The van der Waals surface area contributed by atoms with Gasteiger partial charge in [-0.15, -0.1) is 5.10 Å². The quantitative estimate of drug-likeness (QED) is 0.279. The molecule has 1 unspecified atom stereocenters. The molecular weight excluding hydrogens is 458 g/mol. The van der Waals surface area contributed by atoms with Gasteiger partial charge < -0.3 is 0 Å². The fourth-order valence-corrected chi connectivity index (χ4v) is 4.49. The van der Waals surface area contributed by atoms with Gasteiger partial charge in [-0.2, -0.15) is 5.10 Å². The van der Waals surface area contributed by atoms with E-state index in [0.717, 1.165) is 0 Å². The molecule has 1 atom stereocenters. The van der Waals surface area contributed by atoms with E-state index in [9.17, 15) is 25.0 Å². The van der Waals surface area contributed by atoms with Gasteiger partial charge in [0.25, 0.3) is 11.4 Å². The van der Waals surface area contributed by atoms with Gasteiger partial charge >= 0.3 is 0 Å². The third kappa shape index (κ3) is 5.15. The van der Waals surface area contributed by atoms with Crippen LogP contribution in [0.2, 0.25) is 0 Å². The third-order valence-corrected chi connectivity index (χ3v) is 6.05. The maximum atomic E-state index is 13.3. The molecule has 3 aromatic rings. The van der Waals surface area contributed by atoms with Crippen LogP contribution in [0.3, 0.4) is 0 Å². The zero-order valence-electron chi connectivity index (χ0n) is 17.6. The Balaban J connectivity index is 1.61. The van der Waals surface area contributed by atoms with E-state index in [-0.39, 0.29) is 23.7 Å². The van der Waals surface area contributed by atoms with E-state index in [1.165, 1.54) is 47.1 Å². The fourth-order valence-electron chi connectivity index (χ4n) is 3.36. The van der Waals surface area contributed by atoms with Crippen LogP contribution >= 0.6 is 11.8 Å². The van der Waals surface area contributed by atoms with Crippen LogP contribution in [0.4, 0.5) is 17.1 Å². The SMILES string of the molecule is O=C1C(Cc2cccc([N+](=O)[O-])c2)S/C(=N/N=C/c2cccc([N+](=O)[O-])c2)N1c1ccccc1. The molecule has 34 heavy (non-hydrogen) atoms. The number of nitro benzene ring substituents is 2. The van der Waals surface area contributed by atoms with Crippen LogP contribution < -0.4 is 4.90 Å². The first-order valence-electron chi connectivity index (χ1n) is 10.1. The van der Waals surface area contributed by atoms with Crippen LogP contribution in [0.15, 0.2) is 89.1 Å². The van der Waals surface area contributed by atoms with Crippen molar-refractivity contribution in [2.24, 2.45) is 10.2 Å². The number of nitro groups is 2. The van der Waals surface area contributed by atoms with E-state index >= 15 is 0 Å². The number of thioether (sulfide) groups is 1. The molecule has 11 heteroatoms. The number of hydrogen-bond acceptors (Lipinski definition) is 8. The van der Waals surface area contributed by atoms with Gasteiger partial charge in [-0.3, -0.25) is 29.9 Å². The van der Waals surface area contributed by atoms with E-state index < -0.39 is 15.1 Å². The van der Waals surface area contributed by atoms with Crippen LogP contribution in [0.5, 0.6) is 0 Å². The van der Waals surface area contributed by atoms with E-state index in [0.29, 0.717) is 22.0 Å². The summed E-state index contributed by atoms with van der Waals surface area (Å²) in [5.41, 5.74) is 1.67. The summed E-state index contributed by atoms with van der Waals surface area (Å²) in [7, 11) is 0. The number of anilines is 1. The number of amidine groups is 1. The average molecular weight is 475 g/mol. The van der Waals surface area contributed by atoms with Crippen LogP contribution in [-0.4, -0.2) is 32.4 Å². The Bertz CT molecular complexity index is 1310. The topological polar surface area (TPSA) is 131 Å². The van der Waals surface area contributed by atoms with Crippen LogP contribution in [0, 0.1) is 20.2 Å². The molecule has 0 N–H and O–H groups in total. The largest absolute Gasteiger partial charge is 0.273 e. The maximum absolute atomic E-state index is 13.3. The number of amides is 1. The fraction of sp³-hybridized carbons (Fsp3) is 0.0870. The second kappa shape index (κ2) is 10.0. The molecule has 1 fully saturated rings. The Kier molecular flexibility index (Phi) is 6.74. The first-order valence-corrected chi connectivity index (χ1v) is 10.9.